The van der Waals surface area contributed by atoms with Crippen LogP contribution in [0.3, 0.4) is 0 Å². The zero-order valence-corrected chi connectivity index (χ0v) is 67.1. The predicted octanol–water partition coefficient (Wildman–Crippen LogP) is 1.30. The minimum absolute atomic E-state index is 0.172. The average Bonchev–Trinajstić information content (AvgIpc) is 0.768. The standard InChI is InChI=1S/C79H143N3O31/c1-5-7-9-11-13-15-17-19-20-21-22-23-24-25-26-28-30-32-34-36-38-40-58(92)82-50(51(89)39-37-35-33-31-29-27-18-16-14-12-10-8-6-2)46-104-75-68(100)66(98)70(56(45-86)108-75)110-77-69(101)73(64(96)55(44-85)107-77)112-74-60(81-49(4)88)71(63(95)54(43-84)106-74)111-76-67(99)65(97)62(94)57(109-76)47-105-79(78(102)103)41-52(90)59(80-48(3)87)72(113-79)61(93)53(91)42-83/h37,39,50-57,59-77,83-86,89-91,93-101H,5-36,38,40-47H2,1-4H3,(H,80,87)(H,81,88)(H,82,92)(H,102,103)/b39-37+/t50-,51+,52?,53+,54?,55?,56?,57?,59+,60?,61+,62-,63+,64-,65-,66+,67?,68?,69?,70+,71+,72?,73-,74-,75+,76-,77-,79+/m0/s1. The van der Waals surface area contributed by atoms with Gasteiger partial charge in [-0.3, -0.25) is 14.4 Å². The number of aliphatic hydroxyl groups excluding tert-OH is 16. The van der Waals surface area contributed by atoms with E-state index in [0.717, 1.165) is 65.2 Å². The molecule has 0 bridgehead atoms. The molecule has 0 aliphatic carbocycles. The largest absolute Gasteiger partial charge is 0.477 e. The van der Waals surface area contributed by atoms with Gasteiger partial charge in [0.05, 0.1) is 63.9 Å². The molecular weight excluding hydrogens is 1490 g/mol. The van der Waals surface area contributed by atoms with E-state index in [0.29, 0.717) is 12.8 Å². The van der Waals surface area contributed by atoms with Gasteiger partial charge in [-0.05, 0) is 19.3 Å². The first-order chi connectivity index (χ1) is 54.2. The summed E-state index contributed by atoms with van der Waals surface area (Å²) in [6.45, 7) is 0.747. The third-order valence-electron chi connectivity index (χ3n) is 22.1. The number of hydrogen-bond donors (Lipinski definition) is 20. The number of aliphatic carboxylic acids is 1. The molecular formula is C79H143N3O31. The number of carbonyl (C=O) groups is 4. The maximum atomic E-state index is 13.6. The summed E-state index contributed by atoms with van der Waals surface area (Å²) in [5.74, 6) is -7.01. The number of carboxylic acids is 1. The van der Waals surface area contributed by atoms with Gasteiger partial charge < -0.3 is 150 Å². The molecule has 3 amide bonds. The van der Waals surface area contributed by atoms with Gasteiger partial charge in [0.2, 0.25) is 17.7 Å². The van der Waals surface area contributed by atoms with Crippen molar-refractivity contribution < 1.29 is 153 Å². The lowest BCUT2D eigenvalue weighted by atomic mass is 9.88. The van der Waals surface area contributed by atoms with Gasteiger partial charge in [0.1, 0.15) is 116 Å². The van der Waals surface area contributed by atoms with Gasteiger partial charge >= 0.3 is 5.97 Å². The van der Waals surface area contributed by atoms with Crippen molar-refractivity contribution >= 4 is 23.7 Å². The maximum absolute atomic E-state index is 13.6. The van der Waals surface area contributed by atoms with Gasteiger partial charge in [-0.25, -0.2) is 4.79 Å². The summed E-state index contributed by atoms with van der Waals surface area (Å²) in [7, 11) is 0. The van der Waals surface area contributed by atoms with Crippen LogP contribution in [0.15, 0.2) is 12.2 Å². The highest BCUT2D eigenvalue weighted by Crippen LogP contribution is 2.38. The zero-order valence-electron chi connectivity index (χ0n) is 67.1. The van der Waals surface area contributed by atoms with E-state index in [2.05, 4.69) is 29.8 Å². The highest BCUT2D eigenvalue weighted by molar-refractivity contribution is 5.77. The van der Waals surface area contributed by atoms with Crippen LogP contribution in [0.25, 0.3) is 0 Å². The number of carbonyl (C=O) groups excluding carboxylic acids is 3. The van der Waals surface area contributed by atoms with Gasteiger partial charge in [-0.15, -0.1) is 0 Å². The highest BCUT2D eigenvalue weighted by Gasteiger charge is 2.59. The second-order valence-corrected chi connectivity index (χ2v) is 31.4. The van der Waals surface area contributed by atoms with E-state index in [1.807, 2.05) is 6.08 Å². The summed E-state index contributed by atoms with van der Waals surface area (Å²) in [6.07, 6.45) is -5.71. The number of rotatable bonds is 58. The van der Waals surface area contributed by atoms with E-state index in [4.69, 9.17) is 47.4 Å². The lowest BCUT2D eigenvalue weighted by Gasteiger charge is -2.50. The predicted molar refractivity (Wildman–Crippen MR) is 406 cm³/mol. The van der Waals surface area contributed by atoms with Crippen LogP contribution in [0.2, 0.25) is 0 Å². The zero-order chi connectivity index (χ0) is 83.0. The monoisotopic (exact) mass is 1630 g/mol. The highest BCUT2D eigenvalue weighted by atomic mass is 16.8. The van der Waals surface area contributed by atoms with Crippen molar-refractivity contribution in [1.82, 2.24) is 16.0 Å². The smallest absolute Gasteiger partial charge is 0.364 e. The van der Waals surface area contributed by atoms with Crippen molar-refractivity contribution in [1.29, 1.82) is 0 Å². The Labute approximate surface area is 665 Å². The molecule has 5 aliphatic rings. The van der Waals surface area contributed by atoms with Crippen molar-refractivity contribution in [3.8, 4) is 0 Å². The van der Waals surface area contributed by atoms with Crippen LogP contribution in [0.5, 0.6) is 0 Å². The van der Waals surface area contributed by atoms with Crippen LogP contribution in [0, 0.1) is 0 Å². The fraction of sp³-hybridized carbons (Fsp3) is 0.924. The summed E-state index contributed by atoms with van der Waals surface area (Å²) >= 11 is 0. The molecule has 28 atom stereocenters. The molecule has 0 aromatic rings. The third kappa shape index (κ3) is 32.9. The third-order valence-corrected chi connectivity index (χ3v) is 22.1. The summed E-state index contributed by atoms with van der Waals surface area (Å²) < 4.78 is 58.9. The van der Waals surface area contributed by atoms with Crippen molar-refractivity contribution in [2.75, 3.05) is 39.6 Å². The molecule has 113 heavy (non-hydrogen) atoms. The van der Waals surface area contributed by atoms with Gasteiger partial charge in [0.15, 0.2) is 25.2 Å². The average molecular weight is 1630 g/mol. The van der Waals surface area contributed by atoms with Crippen molar-refractivity contribution in [3.63, 3.8) is 0 Å². The van der Waals surface area contributed by atoms with Crippen molar-refractivity contribution in [2.24, 2.45) is 0 Å². The number of aliphatic hydroxyl groups is 16. The Morgan fingerprint density at radius 2 is 0.894 bits per heavy atom. The minimum Gasteiger partial charge on any atom is -0.477 e. The topological polar surface area (TPSA) is 541 Å². The number of nitrogens with one attached hydrogen (secondary N) is 3. The van der Waals surface area contributed by atoms with Gasteiger partial charge in [-0.2, -0.15) is 0 Å². The quantitative estimate of drug-likeness (QED) is 0.0301. The van der Waals surface area contributed by atoms with Crippen molar-refractivity contribution in [2.45, 2.75) is 424 Å². The fourth-order valence-electron chi connectivity index (χ4n) is 15.3. The van der Waals surface area contributed by atoms with E-state index in [1.54, 1.807) is 6.08 Å². The second kappa shape index (κ2) is 54.7. The molecule has 5 aliphatic heterocycles. The number of ether oxygens (including phenoxy) is 10. The Hall–Kier alpha value is -3.42. The molecule has 34 nitrogen and oxygen atoms in total. The Morgan fingerprint density at radius 3 is 1.38 bits per heavy atom. The normalized spacial score (nSPS) is 33.4. The Morgan fingerprint density at radius 1 is 0.469 bits per heavy atom. The maximum Gasteiger partial charge on any atom is 0.364 e. The first-order valence-electron chi connectivity index (χ1n) is 42.1. The second-order valence-electron chi connectivity index (χ2n) is 31.4. The molecule has 0 saturated carbocycles. The lowest BCUT2D eigenvalue weighted by Crippen LogP contribution is -2.70. The number of carboxylic acid groups (broad SMARTS) is 1. The number of amides is 3. The van der Waals surface area contributed by atoms with Crippen LogP contribution in [-0.4, -0.2) is 321 Å². The molecule has 0 aromatic carbocycles. The molecule has 5 saturated heterocycles. The molecule has 0 spiro atoms. The molecule has 10 unspecified atom stereocenters. The first-order valence-corrected chi connectivity index (χ1v) is 42.1. The van der Waals surface area contributed by atoms with Crippen LogP contribution < -0.4 is 16.0 Å². The van der Waals surface area contributed by atoms with Crippen LogP contribution in [-0.2, 0) is 66.5 Å². The summed E-state index contributed by atoms with van der Waals surface area (Å²) in [5.41, 5.74) is 0. The first kappa shape index (κ1) is 100. The summed E-state index contributed by atoms with van der Waals surface area (Å²) in [6, 6.07) is -4.54. The number of allylic oxidation sites excluding steroid dienone is 1. The molecule has 5 heterocycles. The molecule has 660 valence electrons. The van der Waals surface area contributed by atoms with E-state index in [-0.39, 0.29) is 12.3 Å². The van der Waals surface area contributed by atoms with Crippen LogP contribution in [0.4, 0.5) is 0 Å². The molecule has 20 N–H and O–H groups in total. The van der Waals surface area contributed by atoms with E-state index in [1.165, 1.54) is 148 Å². The molecule has 5 fully saturated rings. The molecule has 5 rings (SSSR count). The SMILES string of the molecule is CCCCCCCCCCCCC/C=C/[C@@H](O)[C@H](CO[C@@H]1OC(CO)[C@@H](O[C@@H]2OC(CO)[C@H](O)[C@H](O[C@@H]3OC(CO)[C@@H](O)[C@H](O[C@@H]4OC(CO[C@]5(C(=O)O)CC(O)[C@@H](NC(C)=O)C([C@H](O)[C@H](O)CO)O5)[C@H](O)[C@H](O)C4O)C3NC(C)=O)C2O)[C@H](O)C1O)NC(=O)CCCCCCCCCCCCCCCCCCCCCCC. The molecule has 0 radical (unpaired) electrons. The van der Waals surface area contributed by atoms with Gasteiger partial charge in [0, 0.05) is 26.7 Å². The number of hydrogen-bond acceptors (Lipinski definition) is 30. The van der Waals surface area contributed by atoms with Gasteiger partial charge in [-0.1, -0.05) is 219 Å². The Balaban J connectivity index is 1.22. The fourth-order valence-corrected chi connectivity index (χ4v) is 15.3. The Bertz CT molecular complexity index is 2610. The Kier molecular flexibility index (Phi) is 48.5. The van der Waals surface area contributed by atoms with E-state index < -0.39 is 235 Å². The van der Waals surface area contributed by atoms with Crippen LogP contribution >= 0.6 is 0 Å². The summed E-state index contributed by atoms with van der Waals surface area (Å²) in [4.78, 5) is 51.7. The number of unbranched alkanes of at least 4 members (excludes halogenated alkanes) is 31. The molecule has 34 heteroatoms. The molecule has 0 aromatic heterocycles. The van der Waals surface area contributed by atoms with E-state index >= 15 is 0 Å². The summed E-state index contributed by atoms with van der Waals surface area (Å²) in [5, 5.41) is 196. The van der Waals surface area contributed by atoms with Gasteiger partial charge in [0.25, 0.3) is 5.79 Å². The van der Waals surface area contributed by atoms with Crippen molar-refractivity contribution in [3.05, 3.63) is 12.2 Å². The van der Waals surface area contributed by atoms with E-state index in [9.17, 15) is 106 Å². The van der Waals surface area contributed by atoms with Crippen LogP contribution in [0.1, 0.15) is 252 Å². The lowest BCUT2D eigenvalue weighted by molar-refractivity contribution is -0.382. The minimum atomic E-state index is -3.00.